The molecule has 4 heteroatoms. The predicted molar refractivity (Wildman–Crippen MR) is 95.7 cm³/mol. The summed E-state index contributed by atoms with van der Waals surface area (Å²) >= 11 is 0. The summed E-state index contributed by atoms with van der Waals surface area (Å²) in [5, 5.41) is 0. The normalized spacial score (nSPS) is 10.4. The van der Waals surface area contributed by atoms with Gasteiger partial charge in [-0.05, 0) is 45.2 Å². The zero-order valence-electron chi connectivity index (χ0n) is 14.8. The lowest BCUT2D eigenvalue weighted by atomic mass is 9.88. The van der Waals surface area contributed by atoms with E-state index >= 15 is 0 Å². The molecule has 0 spiro atoms. The van der Waals surface area contributed by atoms with Crippen LogP contribution in [0.2, 0.25) is 0 Å². The van der Waals surface area contributed by atoms with E-state index in [0.29, 0.717) is 39.8 Å². The maximum atomic E-state index is 12.1. The van der Waals surface area contributed by atoms with Gasteiger partial charge in [0.2, 0.25) is 0 Å². The van der Waals surface area contributed by atoms with Crippen molar-refractivity contribution in [2.24, 2.45) is 0 Å². The molecule has 2 rings (SSSR count). The largest absolute Gasteiger partial charge is 0.294 e. The van der Waals surface area contributed by atoms with Crippen molar-refractivity contribution in [2.45, 2.75) is 34.1 Å². The molecule has 0 aliphatic rings. The van der Waals surface area contributed by atoms with Crippen molar-refractivity contribution >= 4 is 23.1 Å². The van der Waals surface area contributed by atoms with E-state index in [4.69, 9.17) is 0 Å². The van der Waals surface area contributed by atoms with Gasteiger partial charge in [-0.2, -0.15) is 0 Å². The second-order valence-corrected chi connectivity index (χ2v) is 6.08. The Morgan fingerprint density at radius 1 is 0.600 bits per heavy atom. The smallest absolute Gasteiger partial charge is 0.160 e. The highest BCUT2D eigenvalue weighted by Crippen LogP contribution is 2.24. The summed E-state index contributed by atoms with van der Waals surface area (Å²) < 4.78 is 0. The Bertz CT molecular complexity index is 817. The topological polar surface area (TPSA) is 68.3 Å². The summed E-state index contributed by atoms with van der Waals surface area (Å²) in [7, 11) is 0. The molecule has 0 saturated carbocycles. The molecule has 0 atom stereocenters. The zero-order chi connectivity index (χ0) is 18.7. The van der Waals surface area contributed by atoms with E-state index in [0.717, 1.165) is 0 Å². The Labute approximate surface area is 146 Å². The molecule has 0 radical (unpaired) electrons. The van der Waals surface area contributed by atoms with E-state index in [1.54, 1.807) is 36.4 Å². The van der Waals surface area contributed by atoms with Gasteiger partial charge in [0, 0.05) is 22.3 Å². The van der Waals surface area contributed by atoms with Crippen LogP contribution in [0, 0.1) is 0 Å². The number of rotatable bonds is 6. The Kier molecular flexibility index (Phi) is 5.42. The van der Waals surface area contributed by atoms with Gasteiger partial charge < -0.3 is 0 Å². The minimum Gasteiger partial charge on any atom is -0.294 e. The highest BCUT2D eigenvalue weighted by atomic mass is 16.1. The third kappa shape index (κ3) is 3.79. The van der Waals surface area contributed by atoms with E-state index in [-0.39, 0.29) is 23.1 Å². The molecule has 0 aliphatic carbocycles. The molecular formula is C21H20O4. The summed E-state index contributed by atoms with van der Waals surface area (Å²) in [5.41, 5.74) is 2.83. The van der Waals surface area contributed by atoms with Gasteiger partial charge >= 0.3 is 0 Å². The summed E-state index contributed by atoms with van der Waals surface area (Å²) in [6.45, 7) is 5.68. The lowest BCUT2D eigenvalue weighted by Gasteiger charge is -2.14. The molecular weight excluding hydrogens is 316 g/mol. The van der Waals surface area contributed by atoms with Gasteiger partial charge in [0.25, 0.3) is 0 Å². The van der Waals surface area contributed by atoms with Crippen LogP contribution >= 0.6 is 0 Å². The molecule has 0 N–H and O–H groups in total. The van der Waals surface area contributed by atoms with Gasteiger partial charge in [-0.1, -0.05) is 36.4 Å². The van der Waals surface area contributed by atoms with Crippen molar-refractivity contribution in [3.05, 3.63) is 69.8 Å². The zero-order valence-corrected chi connectivity index (χ0v) is 14.8. The van der Waals surface area contributed by atoms with E-state index in [9.17, 15) is 19.2 Å². The third-order valence-corrected chi connectivity index (χ3v) is 4.15. The first kappa shape index (κ1) is 18.5. The van der Waals surface area contributed by atoms with Crippen LogP contribution in [-0.2, 0) is 6.42 Å². The van der Waals surface area contributed by atoms with Crippen LogP contribution in [0.25, 0.3) is 0 Å². The number of hydrogen-bond donors (Lipinski definition) is 0. The molecule has 0 bridgehead atoms. The van der Waals surface area contributed by atoms with Crippen LogP contribution < -0.4 is 0 Å². The number of carbonyl (C=O) groups excluding carboxylic acids is 4. The molecule has 2 aromatic rings. The van der Waals surface area contributed by atoms with Crippen molar-refractivity contribution < 1.29 is 19.2 Å². The van der Waals surface area contributed by atoms with Crippen LogP contribution in [0.1, 0.15) is 80.3 Å². The van der Waals surface area contributed by atoms with Crippen LogP contribution in [0.15, 0.2) is 36.4 Å². The van der Waals surface area contributed by atoms with E-state index in [2.05, 4.69) is 0 Å². The van der Waals surface area contributed by atoms with Crippen LogP contribution in [0.4, 0.5) is 0 Å². The van der Waals surface area contributed by atoms with Crippen LogP contribution in [-0.4, -0.2) is 23.1 Å². The average Bonchev–Trinajstić information content (AvgIpc) is 2.53. The predicted octanol–water partition coefficient (Wildman–Crippen LogP) is 4.09. The Morgan fingerprint density at radius 3 is 1.24 bits per heavy atom. The van der Waals surface area contributed by atoms with Gasteiger partial charge in [-0.25, -0.2) is 0 Å². The maximum Gasteiger partial charge on any atom is 0.160 e. The summed E-state index contributed by atoms with van der Waals surface area (Å²) in [5.74, 6) is -0.770. The fraction of sp³-hybridized carbons (Fsp3) is 0.238. The first-order valence-corrected chi connectivity index (χ1v) is 8.01. The SMILES string of the molecule is CC(=O)c1cccc(Cc2cccc(C(C)=O)c2C(C)=O)c1C(C)=O. The summed E-state index contributed by atoms with van der Waals surface area (Å²) in [4.78, 5) is 47.9. The maximum absolute atomic E-state index is 12.1. The Balaban J connectivity index is 2.66. The van der Waals surface area contributed by atoms with E-state index < -0.39 is 0 Å². The quantitative estimate of drug-likeness (QED) is 0.745. The van der Waals surface area contributed by atoms with E-state index in [1.807, 2.05) is 0 Å². The molecule has 0 saturated heterocycles. The third-order valence-electron chi connectivity index (χ3n) is 4.15. The monoisotopic (exact) mass is 336 g/mol. The highest BCUT2D eigenvalue weighted by molar-refractivity contribution is 6.09. The molecule has 0 fully saturated rings. The Morgan fingerprint density at radius 2 is 0.960 bits per heavy atom. The average molecular weight is 336 g/mol. The van der Waals surface area contributed by atoms with Gasteiger partial charge in [0.15, 0.2) is 23.1 Å². The van der Waals surface area contributed by atoms with Gasteiger partial charge in [0.1, 0.15) is 0 Å². The first-order chi connectivity index (χ1) is 11.7. The van der Waals surface area contributed by atoms with Gasteiger partial charge in [-0.15, -0.1) is 0 Å². The lowest BCUT2D eigenvalue weighted by molar-refractivity contribution is 0.0979. The first-order valence-electron chi connectivity index (χ1n) is 8.01. The molecule has 0 aromatic heterocycles. The van der Waals surface area contributed by atoms with Crippen LogP contribution in [0.3, 0.4) is 0 Å². The molecule has 0 amide bonds. The van der Waals surface area contributed by atoms with Crippen LogP contribution in [0.5, 0.6) is 0 Å². The number of carbonyl (C=O) groups is 4. The number of ketones is 4. The lowest BCUT2D eigenvalue weighted by Crippen LogP contribution is -2.12. The highest BCUT2D eigenvalue weighted by Gasteiger charge is 2.20. The van der Waals surface area contributed by atoms with Crippen molar-refractivity contribution in [2.75, 3.05) is 0 Å². The van der Waals surface area contributed by atoms with Crippen molar-refractivity contribution in [3.63, 3.8) is 0 Å². The summed E-state index contributed by atoms with van der Waals surface area (Å²) in [6, 6.07) is 10.2. The molecule has 4 nitrogen and oxygen atoms in total. The molecule has 25 heavy (non-hydrogen) atoms. The second kappa shape index (κ2) is 7.34. The number of benzene rings is 2. The molecule has 0 unspecified atom stereocenters. The van der Waals surface area contributed by atoms with Crippen molar-refractivity contribution in [1.29, 1.82) is 0 Å². The van der Waals surface area contributed by atoms with Gasteiger partial charge in [0.05, 0.1) is 0 Å². The Hall–Kier alpha value is -2.88. The van der Waals surface area contributed by atoms with Crippen molar-refractivity contribution in [1.82, 2.24) is 0 Å². The minimum absolute atomic E-state index is 0.184. The summed E-state index contributed by atoms with van der Waals surface area (Å²) in [6.07, 6.45) is 0.298. The fourth-order valence-corrected chi connectivity index (χ4v) is 3.12. The fourth-order valence-electron chi connectivity index (χ4n) is 3.12. The van der Waals surface area contributed by atoms with Crippen molar-refractivity contribution in [3.8, 4) is 0 Å². The minimum atomic E-state index is -0.201. The standard InChI is InChI=1S/C21H20O4/c1-12(22)18-9-5-7-16(20(18)14(3)24)11-17-8-6-10-19(13(2)23)21(17)15(4)25/h5-10H,11H2,1-4H3. The van der Waals surface area contributed by atoms with Gasteiger partial charge in [-0.3, -0.25) is 19.2 Å². The molecule has 2 aromatic carbocycles. The second-order valence-electron chi connectivity index (χ2n) is 6.08. The molecule has 0 heterocycles. The number of hydrogen-bond acceptors (Lipinski definition) is 4. The van der Waals surface area contributed by atoms with E-state index in [1.165, 1.54) is 27.7 Å². The number of Topliss-reactive ketones (excluding diaryl/α,β-unsaturated/α-hetero) is 4. The molecule has 0 aliphatic heterocycles. The molecule has 128 valence electrons.